The lowest BCUT2D eigenvalue weighted by molar-refractivity contribution is 0.459. The summed E-state index contributed by atoms with van der Waals surface area (Å²) >= 11 is 4.64. The van der Waals surface area contributed by atoms with Crippen molar-refractivity contribution in [2.75, 3.05) is 0 Å². The van der Waals surface area contributed by atoms with Gasteiger partial charge < -0.3 is 4.74 Å². The number of para-hydroxylation sites is 2. The van der Waals surface area contributed by atoms with Gasteiger partial charge in [-0.3, -0.25) is 0 Å². The first kappa shape index (κ1) is 8.86. The fourth-order valence-electron chi connectivity index (χ4n) is 1.88. The number of rotatable bonds is 0. The standard InChI is InChI=1S/C13H10OS/c15-13-9-5-1-3-7-11(9)14-12-8-4-2-6-10(12)13/h1-8,13,15H. The van der Waals surface area contributed by atoms with E-state index in [1.165, 1.54) is 0 Å². The molecule has 0 fully saturated rings. The molecule has 1 heterocycles. The van der Waals surface area contributed by atoms with Gasteiger partial charge in [-0.2, -0.15) is 12.6 Å². The van der Waals surface area contributed by atoms with Crippen LogP contribution in [0.15, 0.2) is 48.5 Å². The van der Waals surface area contributed by atoms with Crippen molar-refractivity contribution in [3.63, 3.8) is 0 Å². The van der Waals surface area contributed by atoms with Crippen LogP contribution in [0.4, 0.5) is 0 Å². The lowest BCUT2D eigenvalue weighted by Crippen LogP contribution is -2.05. The Morgan fingerprint density at radius 1 is 0.800 bits per heavy atom. The van der Waals surface area contributed by atoms with Crippen LogP contribution in [0.25, 0.3) is 0 Å². The zero-order valence-electron chi connectivity index (χ0n) is 8.05. The van der Waals surface area contributed by atoms with Gasteiger partial charge in [-0.25, -0.2) is 0 Å². The fraction of sp³-hybridized carbons (Fsp3) is 0.0769. The number of thiol groups is 1. The third-order valence-corrected chi connectivity index (χ3v) is 3.20. The molecule has 0 atom stereocenters. The second-order valence-electron chi connectivity index (χ2n) is 3.58. The molecule has 15 heavy (non-hydrogen) atoms. The van der Waals surface area contributed by atoms with Gasteiger partial charge in [-0.15, -0.1) is 0 Å². The third kappa shape index (κ3) is 1.33. The molecule has 1 aliphatic rings. The molecule has 2 heteroatoms. The highest BCUT2D eigenvalue weighted by Crippen LogP contribution is 2.45. The van der Waals surface area contributed by atoms with Gasteiger partial charge in [-0.05, 0) is 12.1 Å². The molecule has 0 amide bonds. The van der Waals surface area contributed by atoms with Crippen molar-refractivity contribution in [3.8, 4) is 11.5 Å². The lowest BCUT2D eigenvalue weighted by Gasteiger charge is -2.24. The smallest absolute Gasteiger partial charge is 0.132 e. The zero-order valence-corrected chi connectivity index (χ0v) is 8.95. The quantitative estimate of drug-likeness (QED) is 0.656. The fourth-order valence-corrected chi connectivity index (χ4v) is 2.31. The average molecular weight is 214 g/mol. The summed E-state index contributed by atoms with van der Waals surface area (Å²) < 4.78 is 5.80. The van der Waals surface area contributed by atoms with Crippen LogP contribution in [0.5, 0.6) is 11.5 Å². The summed E-state index contributed by atoms with van der Waals surface area (Å²) in [5.41, 5.74) is 2.28. The van der Waals surface area contributed by atoms with Gasteiger partial charge in [0.2, 0.25) is 0 Å². The van der Waals surface area contributed by atoms with E-state index in [2.05, 4.69) is 24.8 Å². The summed E-state index contributed by atoms with van der Waals surface area (Å²) in [7, 11) is 0. The van der Waals surface area contributed by atoms with Crippen LogP contribution in [-0.2, 0) is 0 Å². The minimum atomic E-state index is 0.117. The summed E-state index contributed by atoms with van der Waals surface area (Å²) in [6.45, 7) is 0. The van der Waals surface area contributed by atoms with E-state index >= 15 is 0 Å². The van der Waals surface area contributed by atoms with Crippen molar-refractivity contribution in [2.45, 2.75) is 5.25 Å². The van der Waals surface area contributed by atoms with Crippen LogP contribution >= 0.6 is 12.6 Å². The van der Waals surface area contributed by atoms with E-state index in [0.29, 0.717) is 0 Å². The highest BCUT2D eigenvalue weighted by Gasteiger charge is 2.23. The van der Waals surface area contributed by atoms with Gasteiger partial charge in [0.1, 0.15) is 11.5 Å². The molecule has 0 aliphatic carbocycles. The third-order valence-electron chi connectivity index (χ3n) is 2.65. The molecule has 0 aromatic heterocycles. The van der Waals surface area contributed by atoms with E-state index in [1.807, 2.05) is 36.4 Å². The van der Waals surface area contributed by atoms with E-state index in [-0.39, 0.29) is 5.25 Å². The minimum Gasteiger partial charge on any atom is -0.457 e. The first-order chi connectivity index (χ1) is 7.36. The van der Waals surface area contributed by atoms with Gasteiger partial charge in [0.05, 0.1) is 5.25 Å². The summed E-state index contributed by atoms with van der Waals surface area (Å²) in [5.74, 6) is 1.83. The molecule has 1 nitrogen and oxygen atoms in total. The summed E-state index contributed by atoms with van der Waals surface area (Å²) in [6, 6.07) is 16.1. The molecule has 1 aliphatic heterocycles. The SMILES string of the molecule is SC1c2ccccc2Oc2ccccc21. The highest BCUT2D eigenvalue weighted by molar-refractivity contribution is 7.80. The van der Waals surface area contributed by atoms with Crippen molar-refractivity contribution in [1.29, 1.82) is 0 Å². The maximum Gasteiger partial charge on any atom is 0.132 e. The largest absolute Gasteiger partial charge is 0.457 e. The molecule has 0 unspecified atom stereocenters. The maximum absolute atomic E-state index is 5.80. The topological polar surface area (TPSA) is 9.23 Å². The molecular formula is C13H10OS. The Kier molecular flexibility index (Phi) is 1.96. The number of hydrogen-bond donors (Lipinski definition) is 1. The Balaban J connectivity index is 2.20. The van der Waals surface area contributed by atoms with Crippen molar-refractivity contribution >= 4 is 12.6 Å². The van der Waals surface area contributed by atoms with E-state index in [0.717, 1.165) is 22.6 Å². The number of fused-ring (bicyclic) bond motifs is 2. The molecule has 0 spiro atoms. The Morgan fingerprint density at radius 3 is 1.80 bits per heavy atom. The molecule has 0 bridgehead atoms. The van der Waals surface area contributed by atoms with E-state index < -0.39 is 0 Å². The van der Waals surface area contributed by atoms with Gasteiger partial charge in [0.15, 0.2) is 0 Å². The molecule has 2 aromatic rings. The first-order valence-electron chi connectivity index (χ1n) is 4.90. The van der Waals surface area contributed by atoms with Crippen molar-refractivity contribution in [2.24, 2.45) is 0 Å². The molecular weight excluding hydrogens is 204 g/mol. The van der Waals surface area contributed by atoms with Gasteiger partial charge in [-0.1, -0.05) is 36.4 Å². The zero-order chi connectivity index (χ0) is 10.3. The Bertz CT molecular complexity index is 462. The highest BCUT2D eigenvalue weighted by atomic mass is 32.1. The minimum absolute atomic E-state index is 0.117. The van der Waals surface area contributed by atoms with Crippen LogP contribution in [0.3, 0.4) is 0 Å². The van der Waals surface area contributed by atoms with Crippen molar-refractivity contribution < 1.29 is 4.74 Å². The second-order valence-corrected chi connectivity index (χ2v) is 4.10. The number of hydrogen-bond acceptors (Lipinski definition) is 2. The predicted octanol–water partition coefficient (Wildman–Crippen LogP) is 3.81. The van der Waals surface area contributed by atoms with E-state index in [9.17, 15) is 0 Å². The van der Waals surface area contributed by atoms with Gasteiger partial charge >= 0.3 is 0 Å². The van der Waals surface area contributed by atoms with Crippen LogP contribution < -0.4 is 4.74 Å². The van der Waals surface area contributed by atoms with E-state index in [1.54, 1.807) is 0 Å². The predicted molar refractivity (Wildman–Crippen MR) is 63.8 cm³/mol. The number of benzene rings is 2. The number of ether oxygens (including phenoxy) is 1. The molecule has 0 radical (unpaired) electrons. The average Bonchev–Trinajstić information content (AvgIpc) is 2.30. The van der Waals surface area contributed by atoms with Gasteiger partial charge in [0.25, 0.3) is 0 Å². The first-order valence-corrected chi connectivity index (χ1v) is 5.41. The lowest BCUT2D eigenvalue weighted by atomic mass is 10.00. The summed E-state index contributed by atoms with van der Waals surface area (Å²) in [4.78, 5) is 0. The molecule has 74 valence electrons. The summed E-state index contributed by atoms with van der Waals surface area (Å²) in [5, 5.41) is 0.117. The molecule has 2 aromatic carbocycles. The molecule has 0 saturated carbocycles. The van der Waals surface area contributed by atoms with E-state index in [4.69, 9.17) is 4.74 Å². The van der Waals surface area contributed by atoms with Crippen molar-refractivity contribution in [3.05, 3.63) is 59.7 Å². The monoisotopic (exact) mass is 214 g/mol. The molecule has 0 N–H and O–H groups in total. The Hall–Kier alpha value is -1.41. The molecule has 3 rings (SSSR count). The summed E-state index contributed by atoms with van der Waals surface area (Å²) in [6.07, 6.45) is 0. The van der Waals surface area contributed by atoms with Crippen LogP contribution in [-0.4, -0.2) is 0 Å². The van der Waals surface area contributed by atoms with Crippen molar-refractivity contribution in [1.82, 2.24) is 0 Å². The van der Waals surface area contributed by atoms with Crippen LogP contribution in [0, 0.1) is 0 Å². The molecule has 0 saturated heterocycles. The maximum atomic E-state index is 5.80. The van der Waals surface area contributed by atoms with Crippen LogP contribution in [0.1, 0.15) is 16.4 Å². The van der Waals surface area contributed by atoms with Gasteiger partial charge in [0, 0.05) is 11.1 Å². The second kappa shape index (κ2) is 3.31. The Morgan fingerprint density at radius 2 is 1.27 bits per heavy atom. The van der Waals surface area contributed by atoms with Crippen LogP contribution in [0.2, 0.25) is 0 Å². The Labute approximate surface area is 94.1 Å². The normalized spacial score (nSPS) is 13.9.